The topological polar surface area (TPSA) is 78.9 Å². The van der Waals surface area contributed by atoms with Gasteiger partial charge in [0.25, 0.3) is 0 Å². The third kappa shape index (κ3) is 51.3. The van der Waals surface area contributed by atoms with Crippen LogP contribution in [0.15, 0.2) is 0 Å². The van der Waals surface area contributed by atoms with Crippen molar-refractivity contribution in [1.82, 2.24) is 0 Å². The van der Waals surface area contributed by atoms with E-state index in [1.54, 1.807) is 0 Å². The van der Waals surface area contributed by atoms with Crippen LogP contribution in [-0.4, -0.2) is 37.2 Å². The molecule has 1 atom stereocenters. The number of ether oxygens (including phenoxy) is 3. The second kappa shape index (κ2) is 53.0. The highest BCUT2D eigenvalue weighted by atomic mass is 16.6. The Balaban J connectivity index is 4.26. The highest BCUT2D eigenvalue weighted by Gasteiger charge is 2.19. The number of esters is 3. The summed E-state index contributed by atoms with van der Waals surface area (Å²) in [5.74, 6) is -0.833. The fourth-order valence-corrected chi connectivity index (χ4v) is 8.80. The highest BCUT2D eigenvalue weighted by Crippen LogP contribution is 2.17. The van der Waals surface area contributed by atoms with Crippen molar-refractivity contribution in [3.8, 4) is 0 Å². The van der Waals surface area contributed by atoms with Gasteiger partial charge < -0.3 is 14.2 Å². The maximum Gasteiger partial charge on any atom is 0.306 e. The lowest BCUT2D eigenvalue weighted by atomic mass is 10.0. The van der Waals surface area contributed by atoms with E-state index >= 15 is 0 Å². The maximum atomic E-state index is 12.8. The molecule has 0 aromatic rings. The number of carbonyl (C=O) groups is 3. The summed E-state index contributed by atoms with van der Waals surface area (Å²) < 4.78 is 16.9. The molecule has 0 aliphatic rings. The van der Waals surface area contributed by atoms with Gasteiger partial charge in [0.15, 0.2) is 6.10 Å². The molecule has 0 saturated heterocycles. The van der Waals surface area contributed by atoms with Gasteiger partial charge in [0.1, 0.15) is 13.2 Å². The molecule has 0 amide bonds. The van der Waals surface area contributed by atoms with Crippen molar-refractivity contribution in [2.75, 3.05) is 13.2 Å². The van der Waals surface area contributed by atoms with Gasteiger partial charge in [0, 0.05) is 19.3 Å². The Labute approximate surface area is 393 Å². The summed E-state index contributed by atoms with van der Waals surface area (Å²) in [4.78, 5) is 38.1. The van der Waals surface area contributed by atoms with Gasteiger partial charge in [-0.15, -0.1) is 0 Å². The van der Waals surface area contributed by atoms with Gasteiger partial charge in [-0.05, 0) is 19.3 Å². The number of hydrogen-bond acceptors (Lipinski definition) is 6. The van der Waals surface area contributed by atoms with Crippen LogP contribution in [-0.2, 0) is 28.6 Å². The van der Waals surface area contributed by atoms with Gasteiger partial charge in [0.2, 0.25) is 0 Å². The lowest BCUT2D eigenvalue weighted by Gasteiger charge is -2.18. The maximum absolute atomic E-state index is 12.8. The minimum Gasteiger partial charge on any atom is -0.462 e. The van der Waals surface area contributed by atoms with E-state index in [0.717, 1.165) is 57.8 Å². The van der Waals surface area contributed by atoms with E-state index in [0.29, 0.717) is 19.3 Å². The standard InChI is InChI=1S/C57H110O6/c1-4-7-10-13-16-19-22-25-27-28-29-30-33-35-38-41-44-47-50-56(59)62-53-54(63-57(60)51-48-45-42-39-36-31-24-21-18-15-12-9-6-3)52-61-55(58)49-46-43-40-37-34-32-26-23-20-17-14-11-8-5-2/h54H,4-53H2,1-3H3/t54-/m0/s1. The van der Waals surface area contributed by atoms with Crippen LogP contribution >= 0.6 is 0 Å². The summed E-state index contributed by atoms with van der Waals surface area (Å²) in [6, 6.07) is 0. The Hall–Kier alpha value is -1.59. The summed E-state index contributed by atoms with van der Waals surface area (Å²) in [5.41, 5.74) is 0. The van der Waals surface area contributed by atoms with Crippen molar-refractivity contribution >= 4 is 17.9 Å². The Morgan fingerprint density at radius 3 is 0.635 bits per heavy atom. The van der Waals surface area contributed by atoms with Crippen molar-refractivity contribution in [2.45, 2.75) is 335 Å². The van der Waals surface area contributed by atoms with Crippen LogP contribution in [0.4, 0.5) is 0 Å². The van der Waals surface area contributed by atoms with Crippen molar-refractivity contribution in [1.29, 1.82) is 0 Å². The number of rotatable bonds is 53. The van der Waals surface area contributed by atoms with Crippen LogP contribution < -0.4 is 0 Å². The zero-order valence-corrected chi connectivity index (χ0v) is 42.9. The molecule has 0 heterocycles. The van der Waals surface area contributed by atoms with Gasteiger partial charge in [-0.1, -0.05) is 290 Å². The number of unbranched alkanes of at least 4 members (excludes halogenated alkanes) is 42. The molecule has 0 spiro atoms. The zero-order chi connectivity index (χ0) is 45.8. The van der Waals surface area contributed by atoms with E-state index < -0.39 is 6.10 Å². The van der Waals surface area contributed by atoms with Gasteiger partial charge >= 0.3 is 17.9 Å². The third-order valence-electron chi connectivity index (χ3n) is 13.1. The average molecular weight is 892 g/mol. The number of hydrogen-bond donors (Lipinski definition) is 0. The summed E-state index contributed by atoms with van der Waals surface area (Å²) in [5, 5.41) is 0. The van der Waals surface area contributed by atoms with Crippen LogP contribution in [0.25, 0.3) is 0 Å². The third-order valence-corrected chi connectivity index (χ3v) is 13.1. The first-order valence-corrected chi connectivity index (χ1v) is 28.5. The molecule has 0 saturated carbocycles. The average Bonchev–Trinajstić information content (AvgIpc) is 3.28. The van der Waals surface area contributed by atoms with E-state index in [1.165, 1.54) is 231 Å². The number of carbonyl (C=O) groups excluding carboxylic acids is 3. The van der Waals surface area contributed by atoms with Crippen LogP contribution in [0, 0.1) is 0 Å². The lowest BCUT2D eigenvalue weighted by Crippen LogP contribution is -2.30. The normalized spacial score (nSPS) is 11.9. The van der Waals surface area contributed by atoms with Gasteiger partial charge in [-0.25, -0.2) is 0 Å². The Morgan fingerprint density at radius 1 is 0.254 bits per heavy atom. The van der Waals surface area contributed by atoms with Crippen LogP contribution in [0.5, 0.6) is 0 Å². The monoisotopic (exact) mass is 891 g/mol. The fourth-order valence-electron chi connectivity index (χ4n) is 8.80. The van der Waals surface area contributed by atoms with E-state index in [-0.39, 0.29) is 31.1 Å². The molecule has 0 fully saturated rings. The minimum absolute atomic E-state index is 0.0611. The predicted molar refractivity (Wildman–Crippen MR) is 270 cm³/mol. The molecular weight excluding hydrogens is 781 g/mol. The van der Waals surface area contributed by atoms with Crippen molar-refractivity contribution in [3.63, 3.8) is 0 Å². The quantitative estimate of drug-likeness (QED) is 0.0344. The van der Waals surface area contributed by atoms with Gasteiger partial charge in [-0.2, -0.15) is 0 Å². The molecule has 0 radical (unpaired) electrons. The second-order valence-electron chi connectivity index (χ2n) is 19.6. The SMILES string of the molecule is CCCCCCCCCCCCCCCCCCCCC(=O)OC[C@H](COC(=O)CCCCCCCCCCCCCCCC)OC(=O)CCCCCCCCCCCCCCC. The molecule has 0 unspecified atom stereocenters. The summed E-state index contributed by atoms with van der Waals surface area (Å²) >= 11 is 0. The van der Waals surface area contributed by atoms with Crippen molar-refractivity contribution < 1.29 is 28.6 Å². The molecule has 374 valence electrons. The van der Waals surface area contributed by atoms with E-state index in [4.69, 9.17) is 14.2 Å². The molecule has 0 N–H and O–H groups in total. The first-order valence-electron chi connectivity index (χ1n) is 28.5. The molecule has 0 rings (SSSR count). The second-order valence-corrected chi connectivity index (χ2v) is 19.6. The summed E-state index contributed by atoms with van der Waals surface area (Å²) in [6.45, 7) is 6.70. The zero-order valence-electron chi connectivity index (χ0n) is 42.9. The molecular formula is C57H110O6. The predicted octanol–water partition coefficient (Wildman–Crippen LogP) is 18.8. The summed E-state index contributed by atoms with van der Waals surface area (Å²) in [7, 11) is 0. The van der Waals surface area contributed by atoms with E-state index in [9.17, 15) is 14.4 Å². The van der Waals surface area contributed by atoms with Crippen LogP contribution in [0.1, 0.15) is 329 Å². The Bertz CT molecular complexity index is 936. The van der Waals surface area contributed by atoms with Crippen molar-refractivity contribution in [2.24, 2.45) is 0 Å². The van der Waals surface area contributed by atoms with E-state index in [1.807, 2.05) is 0 Å². The molecule has 0 aromatic heterocycles. The molecule has 0 aromatic carbocycles. The lowest BCUT2D eigenvalue weighted by molar-refractivity contribution is -0.167. The molecule has 0 aliphatic heterocycles. The van der Waals surface area contributed by atoms with Crippen LogP contribution in [0.2, 0.25) is 0 Å². The summed E-state index contributed by atoms with van der Waals surface area (Å²) in [6.07, 6.45) is 58.0. The fraction of sp³-hybridized carbons (Fsp3) is 0.947. The van der Waals surface area contributed by atoms with Gasteiger partial charge in [-0.3, -0.25) is 14.4 Å². The molecule has 6 heteroatoms. The molecule has 6 nitrogen and oxygen atoms in total. The van der Waals surface area contributed by atoms with Gasteiger partial charge in [0.05, 0.1) is 0 Å². The first-order chi connectivity index (χ1) is 31.0. The first kappa shape index (κ1) is 61.4. The molecule has 0 bridgehead atoms. The largest absolute Gasteiger partial charge is 0.462 e. The van der Waals surface area contributed by atoms with Crippen molar-refractivity contribution in [3.05, 3.63) is 0 Å². The molecule has 0 aliphatic carbocycles. The molecule has 63 heavy (non-hydrogen) atoms. The van der Waals surface area contributed by atoms with Crippen LogP contribution in [0.3, 0.4) is 0 Å². The smallest absolute Gasteiger partial charge is 0.306 e. The Morgan fingerprint density at radius 2 is 0.429 bits per heavy atom. The highest BCUT2D eigenvalue weighted by molar-refractivity contribution is 5.71. The van der Waals surface area contributed by atoms with E-state index in [2.05, 4.69) is 20.8 Å². The minimum atomic E-state index is -0.760. The Kier molecular flexibility index (Phi) is 51.7.